The van der Waals surface area contributed by atoms with Crippen molar-refractivity contribution in [3.8, 4) is 0 Å². The number of rotatable bonds is 4. The van der Waals surface area contributed by atoms with Gasteiger partial charge in [-0.1, -0.05) is 26.0 Å². The van der Waals surface area contributed by atoms with Crippen molar-refractivity contribution in [2.75, 3.05) is 19.8 Å². The minimum atomic E-state index is -0.385. The lowest BCUT2D eigenvalue weighted by molar-refractivity contribution is 0.0239. The Hall–Kier alpha value is -0.735. The maximum absolute atomic E-state index is 5.65. The van der Waals surface area contributed by atoms with Crippen LogP contribution in [-0.4, -0.2) is 26.9 Å². The second-order valence-electron chi connectivity index (χ2n) is 4.94. The lowest BCUT2D eigenvalue weighted by atomic mass is 9.80. The number of ether oxygens (including phenoxy) is 1. The zero-order chi connectivity index (χ0) is 12.2. The second kappa shape index (κ2) is 5.55. The molecule has 0 aromatic carbocycles. The summed E-state index contributed by atoms with van der Waals surface area (Å²) in [6, 6.07) is 0. The standard InChI is InChI=1S/C12H21BO3/c1-6-14-11(7-10(2)3)13-15-8-12(4,5)9-16-13/h7H,2,6,8-9H2,1,3-5H3/b11-7+. The predicted molar refractivity (Wildman–Crippen MR) is 66.0 cm³/mol. The van der Waals surface area contributed by atoms with Crippen LogP contribution in [0.2, 0.25) is 0 Å². The van der Waals surface area contributed by atoms with Gasteiger partial charge in [0.05, 0.1) is 6.61 Å². The Morgan fingerprint density at radius 3 is 2.44 bits per heavy atom. The van der Waals surface area contributed by atoms with Gasteiger partial charge in [-0.15, -0.1) is 0 Å². The molecule has 0 aromatic rings. The molecule has 1 aliphatic heterocycles. The van der Waals surface area contributed by atoms with Gasteiger partial charge in [0.15, 0.2) is 0 Å². The fourth-order valence-corrected chi connectivity index (χ4v) is 1.44. The van der Waals surface area contributed by atoms with Crippen LogP contribution in [0.3, 0.4) is 0 Å². The first-order chi connectivity index (χ1) is 7.44. The van der Waals surface area contributed by atoms with E-state index in [2.05, 4.69) is 20.4 Å². The number of hydrogen-bond donors (Lipinski definition) is 0. The Balaban J connectivity index is 2.64. The number of hydrogen-bond acceptors (Lipinski definition) is 3. The molecular formula is C12H21BO3. The highest BCUT2D eigenvalue weighted by Gasteiger charge is 2.35. The van der Waals surface area contributed by atoms with Crippen LogP contribution >= 0.6 is 0 Å². The second-order valence-corrected chi connectivity index (χ2v) is 4.94. The average Bonchev–Trinajstić information content (AvgIpc) is 2.16. The van der Waals surface area contributed by atoms with E-state index in [1.54, 1.807) is 0 Å². The molecule has 0 aliphatic carbocycles. The van der Waals surface area contributed by atoms with Gasteiger partial charge in [-0.2, -0.15) is 0 Å². The Kier molecular flexibility index (Phi) is 4.62. The van der Waals surface area contributed by atoms with Crippen LogP contribution in [0.25, 0.3) is 0 Å². The molecule has 1 fully saturated rings. The Labute approximate surface area is 98.6 Å². The van der Waals surface area contributed by atoms with Crippen LogP contribution in [0.15, 0.2) is 23.9 Å². The van der Waals surface area contributed by atoms with Crippen molar-refractivity contribution in [1.29, 1.82) is 0 Å². The first-order valence-corrected chi connectivity index (χ1v) is 5.68. The molecule has 0 saturated carbocycles. The molecule has 0 unspecified atom stereocenters. The maximum Gasteiger partial charge on any atom is 0.531 e. The minimum absolute atomic E-state index is 0.0804. The van der Waals surface area contributed by atoms with Crippen molar-refractivity contribution in [1.82, 2.24) is 0 Å². The number of allylic oxidation sites excluding steroid dienone is 2. The molecule has 90 valence electrons. The first-order valence-electron chi connectivity index (χ1n) is 5.68. The van der Waals surface area contributed by atoms with Crippen LogP contribution in [0, 0.1) is 5.41 Å². The molecule has 1 heterocycles. The third kappa shape index (κ3) is 4.03. The van der Waals surface area contributed by atoms with Gasteiger partial charge in [0, 0.05) is 18.6 Å². The average molecular weight is 224 g/mol. The van der Waals surface area contributed by atoms with Gasteiger partial charge in [-0.25, -0.2) is 0 Å². The highest BCUT2D eigenvalue weighted by atomic mass is 16.6. The molecule has 0 aromatic heterocycles. The summed E-state index contributed by atoms with van der Waals surface area (Å²) < 4.78 is 16.8. The third-order valence-electron chi connectivity index (χ3n) is 2.18. The molecule has 4 heteroatoms. The molecule has 1 aliphatic rings. The molecular weight excluding hydrogens is 203 g/mol. The summed E-state index contributed by atoms with van der Waals surface area (Å²) in [7, 11) is -0.385. The van der Waals surface area contributed by atoms with Crippen molar-refractivity contribution in [2.24, 2.45) is 5.41 Å². The summed E-state index contributed by atoms with van der Waals surface area (Å²) in [6.07, 6.45) is 1.87. The molecule has 0 atom stereocenters. The van der Waals surface area contributed by atoms with Crippen LogP contribution in [0.4, 0.5) is 0 Å². The van der Waals surface area contributed by atoms with Gasteiger partial charge in [0.1, 0.15) is 5.66 Å². The SMILES string of the molecule is C=C(C)/C=C(/OCC)B1OCC(C)(C)CO1. The Morgan fingerprint density at radius 1 is 1.44 bits per heavy atom. The zero-order valence-corrected chi connectivity index (χ0v) is 10.7. The molecule has 0 amide bonds. The maximum atomic E-state index is 5.65. The van der Waals surface area contributed by atoms with Gasteiger partial charge < -0.3 is 14.0 Å². The summed E-state index contributed by atoms with van der Waals surface area (Å²) in [5.74, 6) is 0. The van der Waals surface area contributed by atoms with Crippen molar-refractivity contribution in [3.63, 3.8) is 0 Å². The Bertz CT molecular complexity index is 274. The molecule has 0 bridgehead atoms. The zero-order valence-electron chi connectivity index (χ0n) is 10.7. The van der Waals surface area contributed by atoms with E-state index in [-0.39, 0.29) is 12.5 Å². The van der Waals surface area contributed by atoms with Crippen LogP contribution in [0.1, 0.15) is 27.7 Å². The summed E-state index contributed by atoms with van der Waals surface area (Å²) in [4.78, 5) is 0. The van der Waals surface area contributed by atoms with E-state index in [1.807, 2.05) is 19.9 Å². The molecule has 0 spiro atoms. The van der Waals surface area contributed by atoms with Crippen molar-refractivity contribution >= 4 is 7.12 Å². The molecule has 3 nitrogen and oxygen atoms in total. The van der Waals surface area contributed by atoms with E-state index in [1.165, 1.54) is 0 Å². The van der Waals surface area contributed by atoms with Gasteiger partial charge in [-0.3, -0.25) is 0 Å². The van der Waals surface area contributed by atoms with Crippen LogP contribution in [0.5, 0.6) is 0 Å². The van der Waals surface area contributed by atoms with Crippen molar-refractivity contribution < 1.29 is 14.0 Å². The summed E-state index contributed by atoms with van der Waals surface area (Å²) in [5, 5.41) is 0. The van der Waals surface area contributed by atoms with Crippen molar-refractivity contribution in [3.05, 3.63) is 23.9 Å². The van der Waals surface area contributed by atoms with Gasteiger partial charge in [-0.05, 0) is 19.9 Å². The lowest BCUT2D eigenvalue weighted by Gasteiger charge is -2.33. The van der Waals surface area contributed by atoms with E-state index in [9.17, 15) is 0 Å². The highest BCUT2D eigenvalue weighted by molar-refractivity contribution is 6.53. The molecule has 16 heavy (non-hydrogen) atoms. The van der Waals surface area contributed by atoms with Gasteiger partial charge in [0.25, 0.3) is 0 Å². The van der Waals surface area contributed by atoms with Crippen LogP contribution in [-0.2, 0) is 14.0 Å². The monoisotopic (exact) mass is 224 g/mol. The van der Waals surface area contributed by atoms with E-state index < -0.39 is 0 Å². The smallest absolute Gasteiger partial charge is 0.502 e. The van der Waals surface area contributed by atoms with E-state index in [0.29, 0.717) is 25.5 Å². The molecule has 0 radical (unpaired) electrons. The van der Waals surface area contributed by atoms with Gasteiger partial charge >= 0.3 is 7.12 Å². The van der Waals surface area contributed by atoms with E-state index >= 15 is 0 Å². The Morgan fingerprint density at radius 2 is 2.00 bits per heavy atom. The van der Waals surface area contributed by atoms with Crippen molar-refractivity contribution in [2.45, 2.75) is 27.7 Å². The molecule has 1 rings (SSSR count). The largest absolute Gasteiger partial charge is 0.531 e. The van der Waals surface area contributed by atoms with E-state index in [4.69, 9.17) is 14.0 Å². The fourth-order valence-electron chi connectivity index (χ4n) is 1.44. The van der Waals surface area contributed by atoms with E-state index in [0.717, 1.165) is 5.57 Å². The summed E-state index contributed by atoms with van der Waals surface area (Å²) in [5.41, 5.74) is 1.72. The predicted octanol–water partition coefficient (Wildman–Crippen LogP) is 2.58. The fraction of sp³-hybridized carbons (Fsp3) is 0.667. The minimum Gasteiger partial charge on any atom is -0.502 e. The topological polar surface area (TPSA) is 27.7 Å². The summed E-state index contributed by atoms with van der Waals surface area (Å²) >= 11 is 0. The first kappa shape index (κ1) is 13.3. The summed E-state index contributed by atoms with van der Waals surface area (Å²) in [6.45, 7) is 13.9. The third-order valence-corrected chi connectivity index (χ3v) is 2.18. The van der Waals surface area contributed by atoms with Crippen LogP contribution < -0.4 is 0 Å². The lowest BCUT2D eigenvalue weighted by Crippen LogP contribution is -2.42. The van der Waals surface area contributed by atoms with Gasteiger partial charge in [0.2, 0.25) is 0 Å². The molecule has 0 N–H and O–H groups in total. The highest BCUT2D eigenvalue weighted by Crippen LogP contribution is 2.24. The molecule has 1 saturated heterocycles. The normalized spacial score (nSPS) is 20.8. The quantitative estimate of drug-likeness (QED) is 0.417.